The van der Waals surface area contributed by atoms with Crippen LogP contribution in [0.15, 0.2) is 42.5 Å². The Kier molecular flexibility index (Phi) is 5.48. The quantitative estimate of drug-likeness (QED) is 0.824. The molecule has 0 radical (unpaired) electrons. The van der Waals surface area contributed by atoms with Crippen molar-refractivity contribution < 1.29 is 9.47 Å². The zero-order chi connectivity index (χ0) is 16.9. The Morgan fingerprint density at radius 2 is 1.54 bits per heavy atom. The van der Waals surface area contributed by atoms with Crippen LogP contribution in [-0.2, 0) is 6.54 Å². The summed E-state index contributed by atoms with van der Waals surface area (Å²) in [5, 5.41) is 0.783. The largest absolute Gasteiger partial charge is 0.493 e. The lowest BCUT2D eigenvalue weighted by molar-refractivity contribution is 0.249. The SMILES string of the molecule is COc1ccc(CN2CCN(c3ccc(Cl)cc3)CC2)cc1OC. The Bertz CT molecular complexity index is 668. The van der Waals surface area contributed by atoms with Crippen LogP contribution < -0.4 is 14.4 Å². The van der Waals surface area contributed by atoms with Gasteiger partial charge in [-0.3, -0.25) is 4.90 Å². The maximum Gasteiger partial charge on any atom is 0.161 e. The molecule has 2 aromatic rings. The summed E-state index contributed by atoms with van der Waals surface area (Å²) in [5.74, 6) is 1.56. The molecule has 0 unspecified atom stereocenters. The number of methoxy groups -OCH3 is 2. The number of hydrogen-bond acceptors (Lipinski definition) is 4. The van der Waals surface area contributed by atoms with Gasteiger partial charge in [-0.05, 0) is 42.0 Å². The van der Waals surface area contributed by atoms with E-state index in [-0.39, 0.29) is 0 Å². The van der Waals surface area contributed by atoms with Crippen LogP contribution in [0.5, 0.6) is 11.5 Å². The maximum absolute atomic E-state index is 5.96. The molecule has 0 bridgehead atoms. The van der Waals surface area contributed by atoms with Crippen LogP contribution in [0.2, 0.25) is 5.02 Å². The third-order valence-corrected chi connectivity index (χ3v) is 4.67. The Morgan fingerprint density at radius 1 is 0.875 bits per heavy atom. The van der Waals surface area contributed by atoms with E-state index in [2.05, 4.69) is 34.1 Å². The van der Waals surface area contributed by atoms with Gasteiger partial charge in [0.15, 0.2) is 11.5 Å². The molecule has 1 saturated heterocycles. The summed E-state index contributed by atoms with van der Waals surface area (Å²) < 4.78 is 10.7. The maximum atomic E-state index is 5.96. The molecule has 2 aromatic carbocycles. The molecule has 1 aliphatic heterocycles. The minimum absolute atomic E-state index is 0.772. The van der Waals surface area contributed by atoms with Crippen LogP contribution in [0.25, 0.3) is 0 Å². The monoisotopic (exact) mass is 346 g/mol. The standard InChI is InChI=1S/C19H23ClN2O2/c1-23-18-8-3-15(13-19(18)24-2)14-21-9-11-22(12-10-21)17-6-4-16(20)5-7-17/h3-8,13H,9-12,14H2,1-2H3. The molecule has 5 heteroatoms. The van der Waals surface area contributed by atoms with Gasteiger partial charge in [-0.15, -0.1) is 0 Å². The molecule has 0 saturated carbocycles. The van der Waals surface area contributed by atoms with Crippen molar-refractivity contribution in [1.29, 1.82) is 0 Å². The highest BCUT2D eigenvalue weighted by Crippen LogP contribution is 2.28. The zero-order valence-electron chi connectivity index (χ0n) is 14.2. The van der Waals surface area contributed by atoms with Crippen molar-refractivity contribution in [3.05, 3.63) is 53.1 Å². The van der Waals surface area contributed by atoms with Crippen molar-refractivity contribution in [2.45, 2.75) is 6.54 Å². The molecule has 1 heterocycles. The van der Waals surface area contributed by atoms with E-state index in [1.54, 1.807) is 14.2 Å². The fourth-order valence-electron chi connectivity index (χ4n) is 3.05. The Morgan fingerprint density at radius 3 is 2.17 bits per heavy atom. The second-order valence-corrected chi connectivity index (χ2v) is 6.37. The van der Waals surface area contributed by atoms with Gasteiger partial charge in [0, 0.05) is 43.4 Å². The zero-order valence-corrected chi connectivity index (χ0v) is 14.9. The summed E-state index contributed by atoms with van der Waals surface area (Å²) in [6.07, 6.45) is 0. The van der Waals surface area contributed by atoms with Crippen molar-refractivity contribution in [2.75, 3.05) is 45.3 Å². The van der Waals surface area contributed by atoms with Gasteiger partial charge in [0.05, 0.1) is 14.2 Å². The summed E-state index contributed by atoms with van der Waals surface area (Å²) >= 11 is 5.96. The molecule has 1 fully saturated rings. The van der Waals surface area contributed by atoms with Crippen molar-refractivity contribution >= 4 is 17.3 Å². The van der Waals surface area contributed by atoms with E-state index in [0.717, 1.165) is 49.2 Å². The van der Waals surface area contributed by atoms with Gasteiger partial charge >= 0.3 is 0 Å². The number of halogens is 1. The van der Waals surface area contributed by atoms with E-state index >= 15 is 0 Å². The minimum atomic E-state index is 0.772. The molecule has 0 aromatic heterocycles. The number of nitrogens with zero attached hydrogens (tertiary/aromatic N) is 2. The summed E-state index contributed by atoms with van der Waals surface area (Å²) in [6, 6.07) is 14.2. The molecule has 4 nitrogen and oxygen atoms in total. The molecule has 3 rings (SSSR count). The van der Waals surface area contributed by atoms with Crippen molar-refractivity contribution in [3.63, 3.8) is 0 Å². The predicted molar refractivity (Wildman–Crippen MR) is 98.5 cm³/mol. The topological polar surface area (TPSA) is 24.9 Å². The van der Waals surface area contributed by atoms with Crippen LogP contribution in [0.1, 0.15) is 5.56 Å². The fraction of sp³-hybridized carbons (Fsp3) is 0.368. The van der Waals surface area contributed by atoms with E-state index in [1.807, 2.05) is 18.2 Å². The summed E-state index contributed by atoms with van der Waals surface area (Å²) in [5.41, 5.74) is 2.48. The molecule has 0 N–H and O–H groups in total. The van der Waals surface area contributed by atoms with E-state index in [4.69, 9.17) is 21.1 Å². The van der Waals surface area contributed by atoms with Gasteiger partial charge in [-0.25, -0.2) is 0 Å². The number of rotatable bonds is 5. The fourth-order valence-corrected chi connectivity index (χ4v) is 3.18. The molecule has 128 valence electrons. The summed E-state index contributed by atoms with van der Waals surface area (Å²) in [4.78, 5) is 4.87. The number of benzene rings is 2. The van der Waals surface area contributed by atoms with Gasteiger partial charge < -0.3 is 14.4 Å². The average molecular weight is 347 g/mol. The van der Waals surface area contributed by atoms with Crippen molar-refractivity contribution in [3.8, 4) is 11.5 Å². The number of ether oxygens (including phenoxy) is 2. The van der Waals surface area contributed by atoms with Crippen LogP contribution in [0.4, 0.5) is 5.69 Å². The number of anilines is 1. The molecule has 0 spiro atoms. The third-order valence-electron chi connectivity index (χ3n) is 4.42. The first-order valence-corrected chi connectivity index (χ1v) is 8.51. The van der Waals surface area contributed by atoms with Gasteiger partial charge in [0.2, 0.25) is 0 Å². The van der Waals surface area contributed by atoms with Crippen LogP contribution in [0, 0.1) is 0 Å². The highest BCUT2D eigenvalue weighted by molar-refractivity contribution is 6.30. The van der Waals surface area contributed by atoms with Gasteiger partial charge in [-0.1, -0.05) is 17.7 Å². The highest BCUT2D eigenvalue weighted by Gasteiger charge is 2.18. The lowest BCUT2D eigenvalue weighted by Gasteiger charge is -2.36. The second kappa shape index (κ2) is 7.77. The lowest BCUT2D eigenvalue weighted by atomic mass is 10.1. The van der Waals surface area contributed by atoms with Crippen molar-refractivity contribution in [2.24, 2.45) is 0 Å². The van der Waals surface area contributed by atoms with Crippen LogP contribution in [-0.4, -0.2) is 45.3 Å². The Labute approximate surface area is 148 Å². The summed E-state index contributed by atoms with van der Waals surface area (Å²) in [7, 11) is 3.33. The summed E-state index contributed by atoms with van der Waals surface area (Å²) in [6.45, 7) is 5.05. The molecular formula is C19H23ClN2O2. The molecule has 24 heavy (non-hydrogen) atoms. The molecule has 0 aliphatic carbocycles. The van der Waals surface area contributed by atoms with Gasteiger partial charge in [0.25, 0.3) is 0 Å². The van der Waals surface area contributed by atoms with Gasteiger partial charge in [-0.2, -0.15) is 0 Å². The number of hydrogen-bond donors (Lipinski definition) is 0. The van der Waals surface area contributed by atoms with E-state index in [0.29, 0.717) is 0 Å². The van der Waals surface area contributed by atoms with E-state index in [1.165, 1.54) is 11.3 Å². The molecule has 0 amide bonds. The van der Waals surface area contributed by atoms with E-state index < -0.39 is 0 Å². The highest BCUT2D eigenvalue weighted by atomic mass is 35.5. The lowest BCUT2D eigenvalue weighted by Crippen LogP contribution is -2.45. The smallest absolute Gasteiger partial charge is 0.161 e. The van der Waals surface area contributed by atoms with E-state index in [9.17, 15) is 0 Å². The normalized spacial score (nSPS) is 15.4. The first kappa shape index (κ1) is 16.9. The second-order valence-electron chi connectivity index (χ2n) is 5.93. The first-order chi connectivity index (χ1) is 11.7. The Balaban J connectivity index is 1.58. The van der Waals surface area contributed by atoms with Crippen molar-refractivity contribution in [1.82, 2.24) is 4.90 Å². The number of piperazine rings is 1. The average Bonchev–Trinajstić information content (AvgIpc) is 2.63. The molecule has 0 atom stereocenters. The molecule has 1 aliphatic rings. The van der Waals surface area contributed by atoms with Crippen LogP contribution >= 0.6 is 11.6 Å². The minimum Gasteiger partial charge on any atom is -0.493 e. The van der Waals surface area contributed by atoms with Gasteiger partial charge in [0.1, 0.15) is 0 Å². The Hall–Kier alpha value is -1.91. The molecular weight excluding hydrogens is 324 g/mol. The first-order valence-electron chi connectivity index (χ1n) is 8.13. The van der Waals surface area contributed by atoms with Crippen LogP contribution in [0.3, 0.4) is 0 Å². The predicted octanol–water partition coefficient (Wildman–Crippen LogP) is 3.68. The third kappa shape index (κ3) is 3.94.